The lowest BCUT2D eigenvalue weighted by Crippen LogP contribution is -2.28. The van der Waals surface area contributed by atoms with Crippen LogP contribution in [0, 0.1) is 6.92 Å². The smallest absolute Gasteiger partial charge is 0.270 e. The minimum absolute atomic E-state index is 0.124. The number of rotatable bonds is 7. The molecule has 2 rings (SSSR count). The maximum atomic E-state index is 12.2. The van der Waals surface area contributed by atoms with Gasteiger partial charge in [-0.25, -0.2) is 9.97 Å². The monoisotopic (exact) mass is 319 g/mol. The van der Waals surface area contributed by atoms with Gasteiger partial charge >= 0.3 is 0 Å². The van der Waals surface area contributed by atoms with Crippen LogP contribution in [0.1, 0.15) is 54.8 Å². The quantitative estimate of drug-likeness (QED) is 0.754. The van der Waals surface area contributed by atoms with Crippen LogP contribution in [0.2, 0.25) is 0 Å². The van der Waals surface area contributed by atoms with E-state index in [0.717, 1.165) is 18.8 Å². The van der Waals surface area contributed by atoms with Gasteiger partial charge in [0.2, 0.25) is 0 Å². The van der Waals surface area contributed by atoms with E-state index in [4.69, 9.17) is 0 Å². The standard InChI is InChI=1S/C17H29N5O/c1-13-19-15(17(23)18-10-7-11-22(2)3)12-16(20-13)21-14-8-5-4-6-9-14/h12,14H,4-11H2,1-3H3,(H,18,23)(H,19,20,21). The van der Waals surface area contributed by atoms with Crippen LogP contribution in [0.5, 0.6) is 0 Å². The molecule has 1 aromatic heterocycles. The summed E-state index contributed by atoms with van der Waals surface area (Å²) in [5, 5.41) is 6.39. The number of nitrogens with zero attached hydrogens (tertiary/aromatic N) is 3. The Morgan fingerprint density at radius 2 is 2.00 bits per heavy atom. The van der Waals surface area contributed by atoms with Crippen LogP contribution in [0.3, 0.4) is 0 Å². The second-order valence-electron chi connectivity index (χ2n) is 6.58. The highest BCUT2D eigenvalue weighted by molar-refractivity contribution is 5.92. The van der Waals surface area contributed by atoms with Gasteiger partial charge in [-0.2, -0.15) is 0 Å². The summed E-state index contributed by atoms with van der Waals surface area (Å²) in [5.74, 6) is 1.27. The molecular weight excluding hydrogens is 290 g/mol. The van der Waals surface area contributed by atoms with Gasteiger partial charge in [0.25, 0.3) is 5.91 Å². The fourth-order valence-electron chi connectivity index (χ4n) is 2.90. The van der Waals surface area contributed by atoms with Crippen LogP contribution in [0.25, 0.3) is 0 Å². The molecule has 128 valence electrons. The van der Waals surface area contributed by atoms with Gasteiger partial charge in [-0.15, -0.1) is 0 Å². The molecule has 0 saturated heterocycles. The number of anilines is 1. The number of aromatic nitrogens is 2. The summed E-state index contributed by atoms with van der Waals surface area (Å²) in [5.41, 5.74) is 0.445. The van der Waals surface area contributed by atoms with Gasteiger partial charge in [0, 0.05) is 18.7 Å². The first-order valence-electron chi connectivity index (χ1n) is 8.60. The van der Waals surface area contributed by atoms with Crippen LogP contribution in [-0.2, 0) is 0 Å². The Balaban J connectivity index is 1.91. The van der Waals surface area contributed by atoms with E-state index in [1.54, 1.807) is 6.07 Å². The molecule has 0 unspecified atom stereocenters. The average molecular weight is 319 g/mol. The summed E-state index contributed by atoms with van der Waals surface area (Å²) in [6, 6.07) is 2.23. The molecule has 2 N–H and O–H groups in total. The molecule has 0 atom stereocenters. The molecule has 0 aromatic carbocycles. The lowest BCUT2D eigenvalue weighted by atomic mass is 9.95. The van der Waals surface area contributed by atoms with Crippen LogP contribution in [0.15, 0.2) is 6.07 Å². The van der Waals surface area contributed by atoms with Crippen LogP contribution >= 0.6 is 0 Å². The van der Waals surface area contributed by atoms with Gasteiger partial charge in [0.05, 0.1) is 0 Å². The van der Waals surface area contributed by atoms with Crippen molar-refractivity contribution in [3.05, 3.63) is 17.6 Å². The first-order chi connectivity index (χ1) is 11.0. The van der Waals surface area contributed by atoms with Crippen LogP contribution in [-0.4, -0.2) is 54.0 Å². The molecule has 0 bridgehead atoms. The predicted octanol–water partition coefficient (Wildman–Crippen LogP) is 2.21. The molecule has 1 aliphatic rings. The van der Waals surface area contributed by atoms with Gasteiger partial charge in [-0.3, -0.25) is 4.79 Å². The van der Waals surface area contributed by atoms with Crippen molar-refractivity contribution in [1.29, 1.82) is 0 Å². The van der Waals surface area contributed by atoms with E-state index < -0.39 is 0 Å². The van der Waals surface area contributed by atoms with Crippen molar-refractivity contribution in [2.24, 2.45) is 0 Å². The van der Waals surface area contributed by atoms with Crippen molar-refractivity contribution in [3.63, 3.8) is 0 Å². The molecule has 0 spiro atoms. The molecule has 1 fully saturated rings. The van der Waals surface area contributed by atoms with Crippen molar-refractivity contribution in [2.45, 2.75) is 51.5 Å². The van der Waals surface area contributed by atoms with E-state index in [2.05, 4.69) is 25.5 Å². The molecule has 1 aliphatic carbocycles. The Morgan fingerprint density at radius 3 is 2.70 bits per heavy atom. The number of aryl methyl sites for hydroxylation is 1. The Morgan fingerprint density at radius 1 is 1.26 bits per heavy atom. The van der Waals surface area contributed by atoms with E-state index in [0.29, 0.717) is 24.1 Å². The van der Waals surface area contributed by atoms with Crippen LogP contribution in [0.4, 0.5) is 5.82 Å². The summed E-state index contributed by atoms with van der Waals surface area (Å²) in [6.45, 7) is 3.44. The zero-order valence-electron chi connectivity index (χ0n) is 14.6. The molecule has 1 heterocycles. The Hall–Kier alpha value is -1.69. The van der Waals surface area contributed by atoms with Crippen molar-refractivity contribution in [3.8, 4) is 0 Å². The second kappa shape index (κ2) is 8.82. The molecular formula is C17H29N5O. The third-order valence-electron chi connectivity index (χ3n) is 4.10. The maximum Gasteiger partial charge on any atom is 0.270 e. The maximum absolute atomic E-state index is 12.2. The first kappa shape index (κ1) is 17.7. The highest BCUT2D eigenvalue weighted by Crippen LogP contribution is 2.21. The Bertz CT molecular complexity index is 512. The first-order valence-corrected chi connectivity index (χ1v) is 8.60. The fourth-order valence-corrected chi connectivity index (χ4v) is 2.90. The van der Waals surface area contributed by atoms with Crippen molar-refractivity contribution < 1.29 is 4.79 Å². The predicted molar refractivity (Wildman–Crippen MR) is 92.8 cm³/mol. The Kier molecular flexibility index (Phi) is 6.77. The number of amides is 1. The minimum Gasteiger partial charge on any atom is -0.367 e. The zero-order valence-corrected chi connectivity index (χ0v) is 14.6. The summed E-state index contributed by atoms with van der Waals surface area (Å²) in [4.78, 5) is 23.0. The molecule has 1 saturated carbocycles. The summed E-state index contributed by atoms with van der Waals surface area (Å²) in [6.07, 6.45) is 7.13. The summed E-state index contributed by atoms with van der Waals surface area (Å²) in [7, 11) is 4.05. The van der Waals surface area contributed by atoms with Gasteiger partial charge in [-0.05, 0) is 46.8 Å². The SMILES string of the molecule is Cc1nc(NC2CCCCC2)cc(C(=O)NCCCN(C)C)n1. The molecule has 1 aromatic rings. The molecule has 6 heteroatoms. The van der Waals surface area contributed by atoms with Crippen molar-refractivity contribution in [1.82, 2.24) is 20.2 Å². The zero-order chi connectivity index (χ0) is 16.7. The third kappa shape index (κ3) is 6.14. The van der Waals surface area contributed by atoms with Gasteiger partial charge in [0.15, 0.2) is 0 Å². The molecule has 6 nitrogen and oxygen atoms in total. The highest BCUT2D eigenvalue weighted by Gasteiger charge is 2.15. The van der Waals surface area contributed by atoms with Crippen molar-refractivity contribution >= 4 is 11.7 Å². The minimum atomic E-state index is -0.124. The highest BCUT2D eigenvalue weighted by atomic mass is 16.1. The number of nitrogens with one attached hydrogen (secondary N) is 2. The van der Waals surface area contributed by atoms with E-state index in [1.165, 1.54) is 32.1 Å². The lowest BCUT2D eigenvalue weighted by Gasteiger charge is -2.23. The number of hydrogen-bond acceptors (Lipinski definition) is 5. The number of hydrogen-bond donors (Lipinski definition) is 2. The van der Waals surface area contributed by atoms with Gasteiger partial charge in [0.1, 0.15) is 17.3 Å². The Labute approximate surface area is 139 Å². The van der Waals surface area contributed by atoms with Crippen molar-refractivity contribution in [2.75, 3.05) is 32.5 Å². The summed E-state index contributed by atoms with van der Waals surface area (Å²) < 4.78 is 0. The van der Waals surface area contributed by atoms with Gasteiger partial charge < -0.3 is 15.5 Å². The summed E-state index contributed by atoms with van der Waals surface area (Å²) >= 11 is 0. The molecule has 23 heavy (non-hydrogen) atoms. The lowest BCUT2D eigenvalue weighted by molar-refractivity contribution is 0.0947. The largest absolute Gasteiger partial charge is 0.367 e. The molecule has 1 amide bonds. The normalized spacial score (nSPS) is 15.7. The van der Waals surface area contributed by atoms with Crippen LogP contribution < -0.4 is 10.6 Å². The third-order valence-corrected chi connectivity index (χ3v) is 4.10. The second-order valence-corrected chi connectivity index (χ2v) is 6.58. The fraction of sp³-hybridized carbons (Fsp3) is 0.706. The topological polar surface area (TPSA) is 70.2 Å². The van der Waals surface area contributed by atoms with E-state index in [1.807, 2.05) is 21.0 Å². The van der Waals surface area contributed by atoms with E-state index in [-0.39, 0.29) is 5.91 Å². The van der Waals surface area contributed by atoms with E-state index in [9.17, 15) is 4.79 Å². The number of carbonyl (C=O) groups is 1. The number of carbonyl (C=O) groups excluding carboxylic acids is 1. The molecule has 0 aliphatic heterocycles. The average Bonchev–Trinajstić information content (AvgIpc) is 2.51. The van der Waals surface area contributed by atoms with Gasteiger partial charge in [-0.1, -0.05) is 19.3 Å². The van der Waals surface area contributed by atoms with E-state index >= 15 is 0 Å². The molecule has 0 radical (unpaired) electrons.